The van der Waals surface area contributed by atoms with Gasteiger partial charge in [-0.3, -0.25) is 15.0 Å². The molecule has 0 amide bonds. The Hall–Kier alpha value is -4.07. The maximum absolute atomic E-state index is 11.3. The monoisotopic (exact) mass is 371 g/mol. The van der Waals surface area contributed by atoms with Gasteiger partial charge < -0.3 is 8.94 Å². The Bertz CT molecular complexity index is 1320. The highest BCUT2D eigenvalue weighted by Gasteiger charge is 2.12. The van der Waals surface area contributed by atoms with E-state index >= 15 is 0 Å². The number of oxazole rings is 1. The van der Waals surface area contributed by atoms with Crippen LogP contribution in [-0.4, -0.2) is 25.1 Å². The lowest BCUT2D eigenvalue weighted by atomic mass is 10.1. The lowest BCUT2D eigenvalue weighted by molar-refractivity contribution is 0.386. The van der Waals surface area contributed by atoms with Crippen LogP contribution in [0.5, 0.6) is 0 Å². The molecule has 136 valence electrons. The van der Waals surface area contributed by atoms with Crippen LogP contribution in [-0.2, 0) is 6.42 Å². The van der Waals surface area contributed by atoms with Crippen LogP contribution in [0.4, 0.5) is 0 Å². The minimum atomic E-state index is -0.477. The van der Waals surface area contributed by atoms with E-state index in [0.717, 1.165) is 22.4 Å². The summed E-state index contributed by atoms with van der Waals surface area (Å²) in [6.07, 6.45) is 5.44. The van der Waals surface area contributed by atoms with Crippen LogP contribution in [0.2, 0.25) is 0 Å². The number of aromatic nitrogens is 5. The van der Waals surface area contributed by atoms with Crippen molar-refractivity contribution >= 4 is 11.1 Å². The van der Waals surface area contributed by atoms with Gasteiger partial charge >= 0.3 is 5.76 Å². The van der Waals surface area contributed by atoms with Gasteiger partial charge in [-0.2, -0.15) is 4.98 Å². The normalized spacial score (nSPS) is 11.1. The average molecular weight is 371 g/mol. The summed E-state index contributed by atoms with van der Waals surface area (Å²) in [6.45, 7) is 0. The summed E-state index contributed by atoms with van der Waals surface area (Å²) in [4.78, 5) is 26.8. The van der Waals surface area contributed by atoms with Gasteiger partial charge in [0.05, 0.1) is 23.8 Å². The summed E-state index contributed by atoms with van der Waals surface area (Å²) < 4.78 is 10.4. The molecule has 5 aromatic rings. The van der Waals surface area contributed by atoms with Crippen LogP contribution in [0.15, 0.2) is 74.8 Å². The first-order valence-corrected chi connectivity index (χ1v) is 8.56. The van der Waals surface area contributed by atoms with Crippen molar-refractivity contribution in [3.05, 3.63) is 83.1 Å². The number of rotatable bonds is 4. The molecule has 5 rings (SSSR count). The first-order chi connectivity index (χ1) is 13.7. The van der Waals surface area contributed by atoms with Gasteiger partial charge in [0.25, 0.3) is 0 Å². The number of hydrogen-bond donors (Lipinski definition) is 1. The highest BCUT2D eigenvalue weighted by Crippen LogP contribution is 2.23. The second-order valence-corrected chi connectivity index (χ2v) is 6.20. The molecule has 3 heterocycles. The first kappa shape index (κ1) is 16.1. The molecule has 0 saturated heterocycles. The number of aromatic amines is 1. The van der Waals surface area contributed by atoms with Gasteiger partial charge in [-0.1, -0.05) is 29.4 Å². The molecular weight excluding hydrogens is 358 g/mol. The fraction of sp³-hybridized carbons (Fsp3) is 0.0500. The zero-order chi connectivity index (χ0) is 18.9. The number of fused-ring (bicyclic) bond motifs is 1. The van der Waals surface area contributed by atoms with Gasteiger partial charge in [0.2, 0.25) is 11.7 Å². The maximum Gasteiger partial charge on any atom is 0.417 e. The molecule has 0 radical (unpaired) electrons. The summed E-state index contributed by atoms with van der Waals surface area (Å²) >= 11 is 0. The zero-order valence-electron chi connectivity index (χ0n) is 14.5. The van der Waals surface area contributed by atoms with E-state index in [0.29, 0.717) is 29.2 Å². The first-order valence-electron chi connectivity index (χ1n) is 8.56. The van der Waals surface area contributed by atoms with Crippen LogP contribution in [0.3, 0.4) is 0 Å². The highest BCUT2D eigenvalue weighted by atomic mass is 16.5. The van der Waals surface area contributed by atoms with E-state index in [4.69, 9.17) is 8.94 Å². The Morgan fingerprint density at radius 1 is 1.04 bits per heavy atom. The number of nitrogens with zero attached hydrogens (tertiary/aromatic N) is 4. The molecule has 0 aliphatic rings. The van der Waals surface area contributed by atoms with E-state index in [1.165, 1.54) is 0 Å². The second kappa shape index (κ2) is 6.58. The maximum atomic E-state index is 11.3. The van der Waals surface area contributed by atoms with Crippen LogP contribution in [0, 0.1) is 0 Å². The number of nitrogens with one attached hydrogen (secondary N) is 1. The molecule has 0 spiro atoms. The van der Waals surface area contributed by atoms with Crippen LogP contribution >= 0.6 is 0 Å². The number of hydrogen-bond acceptors (Lipinski definition) is 7. The van der Waals surface area contributed by atoms with E-state index in [9.17, 15) is 4.79 Å². The minimum Gasteiger partial charge on any atom is -0.408 e. The van der Waals surface area contributed by atoms with E-state index in [-0.39, 0.29) is 0 Å². The van der Waals surface area contributed by atoms with Crippen molar-refractivity contribution in [2.24, 2.45) is 0 Å². The SMILES string of the molecule is O=c1[nH]c2cc(Cc3nc(-c4cccc(-c5cnccn5)c4)no3)ccc2o1. The van der Waals surface area contributed by atoms with Gasteiger partial charge in [-0.05, 0) is 23.8 Å². The largest absolute Gasteiger partial charge is 0.417 e. The zero-order valence-corrected chi connectivity index (χ0v) is 14.5. The summed E-state index contributed by atoms with van der Waals surface area (Å²) in [6, 6.07) is 13.2. The number of benzene rings is 2. The third-order valence-electron chi connectivity index (χ3n) is 4.29. The standard InChI is InChI=1S/C20H13N5O3/c26-20-23-15-8-12(4-5-17(15)27-20)9-18-24-19(25-28-18)14-3-1-2-13(10-14)16-11-21-6-7-22-16/h1-8,10-11H,9H2,(H,23,26). The molecule has 28 heavy (non-hydrogen) atoms. The molecule has 8 heteroatoms. The van der Waals surface area contributed by atoms with Crippen LogP contribution in [0.25, 0.3) is 33.7 Å². The van der Waals surface area contributed by atoms with Crippen molar-refractivity contribution in [3.8, 4) is 22.6 Å². The predicted octanol–water partition coefficient (Wildman–Crippen LogP) is 3.22. The summed E-state index contributed by atoms with van der Waals surface area (Å²) in [7, 11) is 0. The molecule has 0 atom stereocenters. The van der Waals surface area contributed by atoms with Crippen molar-refractivity contribution in [1.29, 1.82) is 0 Å². The molecule has 3 aromatic heterocycles. The Balaban J connectivity index is 1.42. The van der Waals surface area contributed by atoms with Crippen molar-refractivity contribution in [2.75, 3.05) is 0 Å². The van der Waals surface area contributed by atoms with Gasteiger partial charge in [0, 0.05) is 23.5 Å². The quantitative estimate of drug-likeness (QED) is 0.516. The predicted molar refractivity (Wildman–Crippen MR) is 100 cm³/mol. The average Bonchev–Trinajstić information content (AvgIpc) is 3.34. The van der Waals surface area contributed by atoms with Crippen molar-refractivity contribution < 1.29 is 8.94 Å². The van der Waals surface area contributed by atoms with Crippen molar-refractivity contribution in [1.82, 2.24) is 25.1 Å². The molecule has 0 saturated carbocycles. The fourth-order valence-corrected chi connectivity index (χ4v) is 2.99. The van der Waals surface area contributed by atoms with Gasteiger partial charge in [-0.15, -0.1) is 0 Å². The molecule has 0 bridgehead atoms. The molecule has 0 unspecified atom stereocenters. The summed E-state index contributed by atoms with van der Waals surface area (Å²) in [5.41, 5.74) is 4.60. The summed E-state index contributed by atoms with van der Waals surface area (Å²) in [5, 5.41) is 4.09. The van der Waals surface area contributed by atoms with E-state index in [2.05, 4.69) is 25.1 Å². The molecule has 2 aromatic carbocycles. The fourth-order valence-electron chi connectivity index (χ4n) is 2.99. The van der Waals surface area contributed by atoms with Crippen LogP contribution in [0.1, 0.15) is 11.5 Å². The van der Waals surface area contributed by atoms with Crippen molar-refractivity contribution in [3.63, 3.8) is 0 Å². The summed E-state index contributed by atoms with van der Waals surface area (Å²) in [5.74, 6) is 0.499. The molecule has 0 fully saturated rings. The Morgan fingerprint density at radius 2 is 1.96 bits per heavy atom. The molecule has 8 nitrogen and oxygen atoms in total. The van der Waals surface area contributed by atoms with Gasteiger partial charge in [0.1, 0.15) is 0 Å². The van der Waals surface area contributed by atoms with E-state index in [1.54, 1.807) is 24.7 Å². The van der Waals surface area contributed by atoms with Gasteiger partial charge in [0.15, 0.2) is 5.58 Å². The third kappa shape index (κ3) is 3.07. The van der Waals surface area contributed by atoms with E-state index in [1.807, 2.05) is 36.4 Å². The topological polar surface area (TPSA) is 111 Å². The lowest BCUT2D eigenvalue weighted by Crippen LogP contribution is -1.93. The number of H-pyrrole nitrogens is 1. The van der Waals surface area contributed by atoms with Crippen molar-refractivity contribution in [2.45, 2.75) is 6.42 Å². The van der Waals surface area contributed by atoms with Gasteiger partial charge in [-0.25, -0.2) is 4.79 Å². The van der Waals surface area contributed by atoms with Crippen LogP contribution < -0.4 is 5.76 Å². The molecular formula is C20H13N5O3. The Labute approximate surface area is 157 Å². The lowest BCUT2D eigenvalue weighted by Gasteiger charge is -2.01. The highest BCUT2D eigenvalue weighted by molar-refractivity contribution is 5.73. The molecule has 1 N–H and O–H groups in total. The minimum absolute atomic E-state index is 0.444. The molecule has 0 aliphatic heterocycles. The smallest absolute Gasteiger partial charge is 0.408 e. The molecule has 0 aliphatic carbocycles. The third-order valence-corrected chi connectivity index (χ3v) is 4.29. The Kier molecular flexibility index (Phi) is 3.79. The second-order valence-electron chi connectivity index (χ2n) is 6.20. The van der Waals surface area contributed by atoms with E-state index < -0.39 is 5.76 Å². The Morgan fingerprint density at radius 3 is 2.86 bits per heavy atom.